The average molecular weight is 441 g/mol. The minimum atomic E-state index is -4.44. The summed E-state index contributed by atoms with van der Waals surface area (Å²) >= 11 is 1.13. The molecule has 0 saturated carbocycles. The van der Waals surface area contributed by atoms with Crippen LogP contribution in [0.1, 0.15) is 21.5 Å². The van der Waals surface area contributed by atoms with E-state index in [1.54, 1.807) is 42.5 Å². The van der Waals surface area contributed by atoms with Crippen LogP contribution in [0, 0.1) is 0 Å². The van der Waals surface area contributed by atoms with Gasteiger partial charge in [-0.1, -0.05) is 30.3 Å². The Hall–Kier alpha value is -3.43. The molecule has 0 radical (unpaired) electrons. The molecule has 0 saturated heterocycles. The SMILES string of the molecule is O=C(N=C1N=C(c2ccc(C(F)(F)F)cc2)C(=C2C=CN(O)C=C2)S1)c1ccccc1. The first-order valence-corrected chi connectivity index (χ1v) is 9.83. The topological polar surface area (TPSA) is 65.3 Å². The number of alkyl halides is 3. The lowest BCUT2D eigenvalue weighted by Crippen LogP contribution is -2.08. The average Bonchev–Trinajstić information content (AvgIpc) is 3.18. The van der Waals surface area contributed by atoms with Gasteiger partial charge in [0.2, 0.25) is 0 Å². The Morgan fingerprint density at radius 2 is 1.65 bits per heavy atom. The van der Waals surface area contributed by atoms with Crippen LogP contribution in [-0.2, 0) is 6.18 Å². The van der Waals surface area contributed by atoms with Crippen LogP contribution in [-0.4, -0.2) is 27.1 Å². The van der Waals surface area contributed by atoms with Crippen molar-refractivity contribution in [2.24, 2.45) is 9.98 Å². The molecule has 2 aliphatic heterocycles. The Balaban J connectivity index is 1.74. The van der Waals surface area contributed by atoms with E-state index in [9.17, 15) is 23.2 Å². The summed E-state index contributed by atoms with van der Waals surface area (Å²) in [6, 6.07) is 13.1. The van der Waals surface area contributed by atoms with Crippen molar-refractivity contribution < 1.29 is 23.2 Å². The highest BCUT2D eigenvalue weighted by molar-refractivity contribution is 8.18. The number of amidine groups is 1. The highest BCUT2D eigenvalue weighted by atomic mass is 32.2. The summed E-state index contributed by atoms with van der Waals surface area (Å²) in [5.41, 5.74) is 1.16. The zero-order chi connectivity index (χ0) is 22.0. The molecule has 156 valence electrons. The maximum atomic E-state index is 12.9. The molecule has 31 heavy (non-hydrogen) atoms. The van der Waals surface area contributed by atoms with Gasteiger partial charge in [-0.2, -0.15) is 18.2 Å². The van der Waals surface area contributed by atoms with Crippen molar-refractivity contribution >= 4 is 28.5 Å². The minimum absolute atomic E-state index is 0.180. The standard InChI is InChI=1S/C22H14F3N3O2S/c23-22(24,25)17-8-6-14(7-9-17)18-19(15-10-12-28(30)13-11-15)31-21(26-18)27-20(29)16-4-2-1-3-5-16/h1-13,30H. The van der Waals surface area contributed by atoms with E-state index in [1.807, 2.05) is 0 Å². The number of nitrogens with zero attached hydrogens (tertiary/aromatic N) is 3. The molecule has 2 aliphatic rings. The first-order chi connectivity index (χ1) is 14.8. The molecule has 0 aromatic heterocycles. The quantitative estimate of drug-likeness (QED) is 0.676. The molecule has 4 rings (SSSR count). The lowest BCUT2D eigenvalue weighted by molar-refractivity contribution is -0.137. The number of carbonyl (C=O) groups is 1. The second kappa shape index (κ2) is 8.37. The van der Waals surface area contributed by atoms with Crippen molar-refractivity contribution in [1.82, 2.24) is 5.06 Å². The monoisotopic (exact) mass is 441 g/mol. The van der Waals surface area contributed by atoms with E-state index in [0.29, 0.717) is 27.3 Å². The molecule has 1 N–H and O–H groups in total. The van der Waals surface area contributed by atoms with E-state index < -0.39 is 17.6 Å². The molecule has 0 bridgehead atoms. The molecule has 1 amide bonds. The number of carbonyl (C=O) groups excluding carboxylic acids is 1. The summed E-state index contributed by atoms with van der Waals surface area (Å²) in [4.78, 5) is 21.5. The van der Waals surface area contributed by atoms with Gasteiger partial charge in [-0.25, -0.2) is 10.1 Å². The number of allylic oxidation sites excluding steroid dienone is 4. The van der Waals surface area contributed by atoms with Crippen LogP contribution in [0.3, 0.4) is 0 Å². The van der Waals surface area contributed by atoms with Gasteiger partial charge in [0.15, 0.2) is 5.17 Å². The van der Waals surface area contributed by atoms with Gasteiger partial charge in [0.05, 0.1) is 11.3 Å². The highest BCUT2D eigenvalue weighted by Gasteiger charge is 2.31. The molecule has 0 unspecified atom stereocenters. The van der Waals surface area contributed by atoms with Crippen molar-refractivity contribution in [1.29, 1.82) is 0 Å². The van der Waals surface area contributed by atoms with Crippen LogP contribution in [0.2, 0.25) is 0 Å². The van der Waals surface area contributed by atoms with E-state index in [2.05, 4.69) is 9.98 Å². The number of hydroxylamine groups is 2. The molecule has 5 nitrogen and oxygen atoms in total. The maximum Gasteiger partial charge on any atom is 0.416 e. The molecule has 2 aromatic carbocycles. The van der Waals surface area contributed by atoms with Gasteiger partial charge >= 0.3 is 6.18 Å². The zero-order valence-corrected chi connectivity index (χ0v) is 16.6. The van der Waals surface area contributed by atoms with E-state index in [0.717, 1.165) is 29.0 Å². The number of amides is 1. The Bertz CT molecular complexity index is 1150. The van der Waals surface area contributed by atoms with Crippen LogP contribution in [0.25, 0.3) is 0 Å². The van der Waals surface area contributed by atoms with Crippen LogP contribution in [0.4, 0.5) is 13.2 Å². The second-order valence-corrected chi connectivity index (χ2v) is 7.48. The molecule has 2 aromatic rings. The number of halogens is 3. The molecule has 0 fully saturated rings. The summed E-state index contributed by atoms with van der Waals surface area (Å²) < 4.78 is 38.8. The lowest BCUT2D eigenvalue weighted by Gasteiger charge is -2.13. The summed E-state index contributed by atoms with van der Waals surface area (Å²) in [6.07, 6.45) is 1.64. The highest BCUT2D eigenvalue weighted by Crippen LogP contribution is 2.36. The summed E-state index contributed by atoms with van der Waals surface area (Å²) in [7, 11) is 0. The molecule has 0 atom stereocenters. The predicted octanol–water partition coefficient (Wildman–Crippen LogP) is 5.42. The van der Waals surface area contributed by atoms with E-state index in [-0.39, 0.29) is 5.17 Å². The Labute approximate surface area is 179 Å². The Kier molecular flexibility index (Phi) is 5.62. The third kappa shape index (κ3) is 4.68. The second-order valence-electron chi connectivity index (χ2n) is 6.50. The number of hydrogen-bond acceptors (Lipinski definition) is 4. The minimum Gasteiger partial charge on any atom is -0.285 e. The zero-order valence-electron chi connectivity index (χ0n) is 15.7. The van der Waals surface area contributed by atoms with Gasteiger partial charge in [-0.3, -0.25) is 10.0 Å². The number of rotatable bonds is 2. The van der Waals surface area contributed by atoms with E-state index in [1.165, 1.54) is 24.5 Å². The van der Waals surface area contributed by atoms with Crippen LogP contribution in [0.5, 0.6) is 0 Å². The smallest absolute Gasteiger partial charge is 0.285 e. The van der Waals surface area contributed by atoms with Gasteiger partial charge in [-0.15, -0.1) is 0 Å². The Morgan fingerprint density at radius 1 is 1.00 bits per heavy atom. The van der Waals surface area contributed by atoms with Gasteiger partial charge in [0.1, 0.15) is 0 Å². The van der Waals surface area contributed by atoms with Crippen LogP contribution >= 0.6 is 11.8 Å². The summed E-state index contributed by atoms with van der Waals surface area (Å²) in [6.45, 7) is 0. The fourth-order valence-electron chi connectivity index (χ4n) is 2.87. The lowest BCUT2D eigenvalue weighted by atomic mass is 10.0. The van der Waals surface area contributed by atoms with Gasteiger partial charge in [-0.05, 0) is 53.8 Å². The number of aliphatic imine (C=N–C) groups is 2. The molecule has 9 heteroatoms. The van der Waals surface area contributed by atoms with Crippen molar-refractivity contribution in [2.75, 3.05) is 0 Å². The largest absolute Gasteiger partial charge is 0.416 e. The first-order valence-electron chi connectivity index (χ1n) is 9.02. The molecule has 2 heterocycles. The van der Waals surface area contributed by atoms with Crippen LogP contribution in [0.15, 0.2) is 99.6 Å². The van der Waals surface area contributed by atoms with Gasteiger partial charge < -0.3 is 0 Å². The maximum absolute atomic E-state index is 12.9. The van der Waals surface area contributed by atoms with Crippen molar-refractivity contribution in [2.45, 2.75) is 6.18 Å². The molecule has 0 aliphatic carbocycles. The van der Waals surface area contributed by atoms with E-state index in [4.69, 9.17) is 0 Å². The van der Waals surface area contributed by atoms with Crippen LogP contribution < -0.4 is 0 Å². The van der Waals surface area contributed by atoms with Crippen molar-refractivity contribution in [3.05, 3.63) is 106 Å². The third-order valence-electron chi connectivity index (χ3n) is 4.40. The van der Waals surface area contributed by atoms with Crippen molar-refractivity contribution in [3.63, 3.8) is 0 Å². The fourth-order valence-corrected chi connectivity index (χ4v) is 3.83. The summed E-state index contributed by atoms with van der Waals surface area (Å²) in [5, 5.41) is 10.5. The molecule has 0 spiro atoms. The Morgan fingerprint density at radius 3 is 2.26 bits per heavy atom. The molecular formula is C22H14F3N3O2S. The molecular weight excluding hydrogens is 427 g/mol. The van der Waals surface area contributed by atoms with E-state index >= 15 is 0 Å². The van der Waals surface area contributed by atoms with Crippen molar-refractivity contribution in [3.8, 4) is 0 Å². The predicted molar refractivity (Wildman–Crippen MR) is 113 cm³/mol. The normalized spacial score (nSPS) is 17.5. The first kappa shape index (κ1) is 20.8. The van der Waals surface area contributed by atoms with Gasteiger partial charge in [0.25, 0.3) is 5.91 Å². The number of benzene rings is 2. The number of thioether (sulfide) groups is 1. The third-order valence-corrected chi connectivity index (χ3v) is 5.39. The number of hydrogen-bond donors (Lipinski definition) is 1. The van der Waals surface area contributed by atoms with Gasteiger partial charge in [0, 0.05) is 28.4 Å². The summed E-state index contributed by atoms with van der Waals surface area (Å²) in [5.74, 6) is -0.471. The fraction of sp³-hybridized carbons (Fsp3) is 0.0455.